The van der Waals surface area contributed by atoms with Crippen LogP contribution < -0.4 is 5.43 Å². The Kier molecular flexibility index (Phi) is 4.33. The third kappa shape index (κ3) is 3.15. The van der Waals surface area contributed by atoms with Gasteiger partial charge in [0, 0.05) is 22.6 Å². The van der Waals surface area contributed by atoms with Crippen molar-refractivity contribution in [3.8, 4) is 5.69 Å². The lowest BCUT2D eigenvalue weighted by Crippen LogP contribution is -2.19. The number of nitrogens with one attached hydrogen (secondary N) is 1. The van der Waals surface area contributed by atoms with E-state index in [1.807, 2.05) is 12.1 Å². The first-order valence-electron chi connectivity index (χ1n) is 7.70. The fraction of sp³-hybridized carbons (Fsp3) is 0.158. The van der Waals surface area contributed by atoms with Gasteiger partial charge in [-0.15, -0.1) is 0 Å². The highest BCUT2D eigenvalue weighted by molar-refractivity contribution is 5.99. The molecular weight excluding hydrogens is 302 g/mol. The largest absolute Gasteiger partial charge is 0.463 e. The van der Waals surface area contributed by atoms with Crippen molar-refractivity contribution >= 4 is 11.6 Å². The Bertz CT molecular complexity index is 852. The van der Waals surface area contributed by atoms with E-state index < -0.39 is 0 Å². The molecule has 1 amide bonds. The first-order chi connectivity index (χ1) is 11.6. The predicted octanol–water partition coefficient (Wildman–Crippen LogP) is 3.84. The highest BCUT2D eigenvalue weighted by atomic mass is 16.3. The van der Waals surface area contributed by atoms with E-state index in [-0.39, 0.29) is 5.91 Å². The molecule has 0 aliphatic carbocycles. The van der Waals surface area contributed by atoms with Crippen molar-refractivity contribution in [2.75, 3.05) is 0 Å². The van der Waals surface area contributed by atoms with E-state index in [9.17, 15) is 4.79 Å². The van der Waals surface area contributed by atoms with E-state index in [1.54, 1.807) is 37.5 Å². The van der Waals surface area contributed by atoms with Gasteiger partial charge in [0.05, 0.1) is 6.26 Å². The quantitative estimate of drug-likeness (QED) is 0.586. The minimum atomic E-state index is -0.256. The Hall–Kier alpha value is -3.08. The summed E-state index contributed by atoms with van der Waals surface area (Å²) >= 11 is 0. The van der Waals surface area contributed by atoms with Crippen LogP contribution in [0.2, 0.25) is 0 Å². The summed E-state index contributed by atoms with van der Waals surface area (Å²) in [5.74, 6) is 0.373. The van der Waals surface area contributed by atoms with E-state index >= 15 is 0 Å². The molecule has 1 N–H and O–H groups in total. The number of rotatable bonds is 4. The van der Waals surface area contributed by atoms with Gasteiger partial charge in [-0.2, -0.15) is 5.10 Å². The maximum atomic E-state index is 12.2. The van der Waals surface area contributed by atoms with E-state index in [1.165, 1.54) is 0 Å². The van der Waals surface area contributed by atoms with E-state index in [0.717, 1.165) is 17.1 Å². The lowest BCUT2D eigenvalue weighted by atomic mass is 10.2. The number of aryl methyl sites for hydroxylation is 2. The molecule has 0 fully saturated rings. The second kappa shape index (κ2) is 6.58. The van der Waals surface area contributed by atoms with Gasteiger partial charge in [0.2, 0.25) is 0 Å². The number of hydrazone groups is 1. The SMILES string of the molecule is C/C(=N\NC(=O)c1ccc(-n2c(C)ccc2C)cc1)c1ccco1. The number of carbonyl (C=O) groups excluding carboxylic acids is 1. The summed E-state index contributed by atoms with van der Waals surface area (Å²) in [6.45, 7) is 5.89. The fourth-order valence-electron chi connectivity index (χ4n) is 2.58. The smallest absolute Gasteiger partial charge is 0.271 e. The fourth-order valence-corrected chi connectivity index (χ4v) is 2.58. The second-order valence-corrected chi connectivity index (χ2v) is 5.61. The maximum Gasteiger partial charge on any atom is 0.271 e. The number of furan rings is 1. The van der Waals surface area contributed by atoms with Crippen molar-refractivity contribution in [2.45, 2.75) is 20.8 Å². The molecule has 5 heteroatoms. The first kappa shape index (κ1) is 15.8. The summed E-state index contributed by atoms with van der Waals surface area (Å²) in [6.07, 6.45) is 1.57. The van der Waals surface area contributed by atoms with Gasteiger partial charge in [-0.25, -0.2) is 5.43 Å². The Morgan fingerprint density at radius 3 is 2.29 bits per heavy atom. The average Bonchev–Trinajstić information content (AvgIpc) is 3.23. The van der Waals surface area contributed by atoms with Crippen molar-refractivity contribution < 1.29 is 9.21 Å². The van der Waals surface area contributed by atoms with Crippen LogP contribution in [-0.4, -0.2) is 16.2 Å². The van der Waals surface area contributed by atoms with Crippen LogP contribution in [0.3, 0.4) is 0 Å². The van der Waals surface area contributed by atoms with Gasteiger partial charge in [-0.3, -0.25) is 4.79 Å². The standard InChI is InChI=1S/C19H19N3O2/c1-13-6-7-14(2)22(13)17-10-8-16(9-11-17)19(23)21-20-15(3)18-5-4-12-24-18/h4-12H,1-3H3,(H,21,23)/b20-15+. The average molecular weight is 321 g/mol. The third-order valence-electron chi connectivity index (χ3n) is 3.86. The summed E-state index contributed by atoms with van der Waals surface area (Å²) in [6, 6.07) is 15.2. The van der Waals surface area contributed by atoms with Gasteiger partial charge < -0.3 is 8.98 Å². The predicted molar refractivity (Wildman–Crippen MR) is 93.6 cm³/mol. The van der Waals surface area contributed by atoms with Crippen molar-refractivity contribution in [2.24, 2.45) is 5.10 Å². The molecule has 0 aliphatic rings. The molecule has 3 rings (SSSR count). The highest BCUT2D eigenvalue weighted by Gasteiger charge is 2.08. The van der Waals surface area contributed by atoms with Crippen molar-refractivity contribution in [1.82, 2.24) is 9.99 Å². The molecule has 0 radical (unpaired) electrons. The number of aromatic nitrogens is 1. The lowest BCUT2D eigenvalue weighted by Gasteiger charge is -2.10. The van der Waals surface area contributed by atoms with Crippen LogP contribution >= 0.6 is 0 Å². The zero-order chi connectivity index (χ0) is 17.1. The molecule has 3 aromatic rings. The Labute approximate surface area is 140 Å². The zero-order valence-corrected chi connectivity index (χ0v) is 13.9. The molecule has 1 aromatic carbocycles. The topological polar surface area (TPSA) is 59.5 Å². The number of benzene rings is 1. The number of carbonyl (C=O) groups is 1. The van der Waals surface area contributed by atoms with Crippen LogP contribution in [0.25, 0.3) is 5.69 Å². The number of nitrogens with zero attached hydrogens (tertiary/aromatic N) is 2. The van der Waals surface area contributed by atoms with Gasteiger partial charge >= 0.3 is 0 Å². The van der Waals surface area contributed by atoms with E-state index in [2.05, 4.69) is 41.1 Å². The van der Waals surface area contributed by atoms with Crippen molar-refractivity contribution in [3.05, 3.63) is 77.5 Å². The second-order valence-electron chi connectivity index (χ2n) is 5.61. The Morgan fingerprint density at radius 2 is 1.71 bits per heavy atom. The van der Waals surface area contributed by atoms with Crippen LogP contribution in [0.15, 0.2) is 64.3 Å². The van der Waals surface area contributed by atoms with Crippen molar-refractivity contribution in [1.29, 1.82) is 0 Å². The molecule has 0 unspecified atom stereocenters. The first-order valence-corrected chi connectivity index (χ1v) is 7.70. The van der Waals surface area contributed by atoms with Crippen molar-refractivity contribution in [3.63, 3.8) is 0 Å². The van der Waals surface area contributed by atoms with Gasteiger partial charge in [-0.1, -0.05) is 0 Å². The Morgan fingerprint density at radius 1 is 1.04 bits per heavy atom. The van der Waals surface area contributed by atoms with Gasteiger partial charge in [0.1, 0.15) is 11.5 Å². The lowest BCUT2D eigenvalue weighted by molar-refractivity contribution is 0.0955. The summed E-state index contributed by atoms with van der Waals surface area (Å²) in [4.78, 5) is 12.2. The number of amides is 1. The molecule has 0 spiro atoms. The number of hydrogen-bond donors (Lipinski definition) is 1. The van der Waals surface area contributed by atoms with Crippen LogP contribution in [-0.2, 0) is 0 Å². The molecule has 0 bridgehead atoms. The molecular formula is C19H19N3O2. The molecule has 0 atom stereocenters. The Balaban J connectivity index is 1.74. The summed E-state index contributed by atoms with van der Waals surface area (Å²) < 4.78 is 7.37. The van der Waals surface area contributed by atoms with E-state index in [0.29, 0.717) is 17.0 Å². The van der Waals surface area contributed by atoms with Crippen LogP contribution in [0.5, 0.6) is 0 Å². The molecule has 5 nitrogen and oxygen atoms in total. The molecule has 2 heterocycles. The summed E-state index contributed by atoms with van der Waals surface area (Å²) in [5, 5.41) is 4.06. The van der Waals surface area contributed by atoms with Crippen LogP contribution in [0, 0.1) is 13.8 Å². The monoisotopic (exact) mass is 321 g/mol. The normalized spacial score (nSPS) is 11.5. The van der Waals surface area contributed by atoms with Crippen LogP contribution in [0.4, 0.5) is 0 Å². The van der Waals surface area contributed by atoms with Gasteiger partial charge in [0.15, 0.2) is 0 Å². The molecule has 24 heavy (non-hydrogen) atoms. The molecule has 122 valence electrons. The third-order valence-corrected chi connectivity index (χ3v) is 3.86. The minimum Gasteiger partial charge on any atom is -0.463 e. The maximum absolute atomic E-state index is 12.2. The van der Waals surface area contributed by atoms with Gasteiger partial charge in [0.25, 0.3) is 5.91 Å². The highest BCUT2D eigenvalue weighted by Crippen LogP contribution is 2.16. The summed E-state index contributed by atoms with van der Waals surface area (Å²) in [7, 11) is 0. The van der Waals surface area contributed by atoms with Crippen LogP contribution in [0.1, 0.15) is 34.4 Å². The molecule has 0 saturated carbocycles. The number of hydrogen-bond acceptors (Lipinski definition) is 3. The van der Waals surface area contributed by atoms with E-state index in [4.69, 9.17) is 4.42 Å². The molecule has 2 aromatic heterocycles. The summed E-state index contributed by atoms with van der Waals surface area (Å²) in [5.41, 5.74) is 7.05. The molecule has 0 aliphatic heterocycles. The molecule has 0 saturated heterocycles. The minimum absolute atomic E-state index is 0.256. The zero-order valence-electron chi connectivity index (χ0n) is 13.9. The van der Waals surface area contributed by atoms with Gasteiger partial charge in [-0.05, 0) is 69.3 Å².